The third-order valence-corrected chi connectivity index (χ3v) is 11.0. The second kappa shape index (κ2) is 11.7. The van der Waals surface area contributed by atoms with Gasteiger partial charge in [0.05, 0.1) is 15.9 Å². The van der Waals surface area contributed by atoms with Crippen molar-refractivity contribution in [1.29, 1.82) is 0 Å². The zero-order chi connectivity index (χ0) is 33.0. The fraction of sp³-hybridized carbons (Fsp3) is 0.0652. The summed E-state index contributed by atoms with van der Waals surface area (Å²) in [5, 5.41) is 1.03. The molecule has 0 saturated carbocycles. The zero-order valence-electron chi connectivity index (χ0n) is 27.5. The molecule has 1 aliphatic rings. The van der Waals surface area contributed by atoms with Crippen molar-refractivity contribution in [1.82, 2.24) is 4.98 Å². The van der Waals surface area contributed by atoms with Crippen molar-refractivity contribution in [2.24, 2.45) is 0 Å². The highest BCUT2D eigenvalue weighted by atomic mass is 32.1. The molecule has 1 aliphatic carbocycles. The summed E-state index contributed by atoms with van der Waals surface area (Å²) in [5.41, 5.74) is 15.6. The highest BCUT2D eigenvalue weighted by molar-refractivity contribution is 7.21. The van der Waals surface area contributed by atoms with Crippen LogP contribution < -0.4 is 4.90 Å². The van der Waals surface area contributed by atoms with Gasteiger partial charge in [-0.05, 0) is 75.3 Å². The first-order chi connectivity index (χ1) is 24.0. The molecule has 234 valence electrons. The minimum absolute atomic E-state index is 0.101. The summed E-state index contributed by atoms with van der Waals surface area (Å²) in [6.07, 6.45) is 0. The van der Waals surface area contributed by atoms with Gasteiger partial charge < -0.3 is 4.90 Å². The molecule has 1 heterocycles. The van der Waals surface area contributed by atoms with Crippen molar-refractivity contribution in [3.63, 3.8) is 0 Å². The molecule has 49 heavy (non-hydrogen) atoms. The van der Waals surface area contributed by atoms with E-state index in [0.29, 0.717) is 0 Å². The molecule has 0 amide bonds. The van der Waals surface area contributed by atoms with Crippen LogP contribution in [0.5, 0.6) is 0 Å². The van der Waals surface area contributed by atoms with Gasteiger partial charge in [0, 0.05) is 27.9 Å². The van der Waals surface area contributed by atoms with Crippen molar-refractivity contribution in [3.8, 4) is 44.0 Å². The van der Waals surface area contributed by atoms with Crippen LogP contribution in [0.15, 0.2) is 170 Å². The van der Waals surface area contributed by atoms with Crippen molar-refractivity contribution in [3.05, 3.63) is 181 Å². The summed E-state index contributed by atoms with van der Waals surface area (Å²) >= 11 is 1.74. The van der Waals surface area contributed by atoms with Crippen LogP contribution in [0.3, 0.4) is 0 Å². The molecule has 8 aromatic rings. The van der Waals surface area contributed by atoms with Gasteiger partial charge in [-0.25, -0.2) is 4.98 Å². The standard InChI is InChI=1S/C46H34N2S/c1-46(2)40-19-11-9-18-38(40)39-27-25-35(29-41(39)46)48(43-20-12-10-17-37(43)33-15-7-4-8-16-33)36-26-28-44-42(30-36)47-45(49-44)34-23-21-32(22-24-34)31-13-5-3-6-14-31/h3-30H,1-2H3. The Morgan fingerprint density at radius 1 is 0.469 bits per heavy atom. The van der Waals surface area contributed by atoms with Gasteiger partial charge in [-0.1, -0.05) is 147 Å². The maximum Gasteiger partial charge on any atom is 0.124 e. The van der Waals surface area contributed by atoms with E-state index < -0.39 is 0 Å². The monoisotopic (exact) mass is 646 g/mol. The Morgan fingerprint density at radius 2 is 1.04 bits per heavy atom. The number of aromatic nitrogens is 1. The van der Waals surface area contributed by atoms with Crippen molar-refractivity contribution in [2.75, 3.05) is 4.90 Å². The lowest BCUT2D eigenvalue weighted by atomic mass is 9.82. The molecule has 0 radical (unpaired) electrons. The Hall–Kier alpha value is -5.77. The van der Waals surface area contributed by atoms with Gasteiger partial charge in [0.15, 0.2) is 0 Å². The number of hydrogen-bond acceptors (Lipinski definition) is 3. The molecule has 7 aromatic carbocycles. The third kappa shape index (κ3) is 5.06. The summed E-state index contributed by atoms with van der Waals surface area (Å²) in [6, 6.07) is 61.3. The number of nitrogens with zero attached hydrogens (tertiary/aromatic N) is 2. The van der Waals surface area contributed by atoms with Crippen molar-refractivity contribution >= 4 is 38.6 Å². The summed E-state index contributed by atoms with van der Waals surface area (Å²) in [4.78, 5) is 7.61. The van der Waals surface area contributed by atoms with Gasteiger partial charge in [0.2, 0.25) is 0 Å². The Morgan fingerprint density at radius 3 is 1.82 bits per heavy atom. The molecular weight excluding hydrogens is 613 g/mol. The van der Waals surface area contributed by atoms with E-state index in [2.05, 4.69) is 189 Å². The maximum absolute atomic E-state index is 5.20. The molecule has 0 spiro atoms. The van der Waals surface area contributed by atoms with E-state index in [1.165, 1.54) is 49.2 Å². The van der Waals surface area contributed by atoms with E-state index in [9.17, 15) is 0 Å². The first-order valence-corrected chi connectivity index (χ1v) is 17.6. The highest BCUT2D eigenvalue weighted by Crippen LogP contribution is 2.51. The van der Waals surface area contributed by atoms with E-state index in [4.69, 9.17) is 4.98 Å². The summed E-state index contributed by atoms with van der Waals surface area (Å²) in [5.74, 6) is 0. The maximum atomic E-state index is 5.20. The fourth-order valence-electron chi connectivity index (χ4n) is 7.40. The van der Waals surface area contributed by atoms with Crippen LogP contribution in [-0.4, -0.2) is 4.98 Å². The van der Waals surface area contributed by atoms with E-state index in [0.717, 1.165) is 33.1 Å². The lowest BCUT2D eigenvalue weighted by molar-refractivity contribution is 0.660. The van der Waals surface area contributed by atoms with E-state index in [-0.39, 0.29) is 5.41 Å². The Kier molecular flexibility index (Phi) is 7.03. The van der Waals surface area contributed by atoms with Crippen LogP contribution in [0.4, 0.5) is 17.1 Å². The molecule has 0 bridgehead atoms. The first-order valence-electron chi connectivity index (χ1n) is 16.8. The summed E-state index contributed by atoms with van der Waals surface area (Å²) < 4.78 is 1.17. The smallest absolute Gasteiger partial charge is 0.124 e. The minimum Gasteiger partial charge on any atom is -0.310 e. The molecule has 3 heteroatoms. The van der Waals surface area contributed by atoms with Gasteiger partial charge in [0.1, 0.15) is 5.01 Å². The van der Waals surface area contributed by atoms with E-state index in [1.807, 2.05) is 0 Å². The molecular formula is C46H34N2S. The van der Waals surface area contributed by atoms with Crippen LogP contribution >= 0.6 is 11.3 Å². The van der Waals surface area contributed by atoms with Crippen molar-refractivity contribution < 1.29 is 0 Å². The summed E-state index contributed by atoms with van der Waals surface area (Å²) in [6.45, 7) is 4.69. The molecule has 0 fully saturated rings. The van der Waals surface area contributed by atoms with Gasteiger partial charge in [-0.2, -0.15) is 0 Å². The van der Waals surface area contributed by atoms with Crippen LogP contribution in [0, 0.1) is 0 Å². The topological polar surface area (TPSA) is 16.1 Å². The molecule has 0 aliphatic heterocycles. The van der Waals surface area contributed by atoms with Gasteiger partial charge in [-0.3, -0.25) is 0 Å². The Labute approximate surface area is 291 Å². The lowest BCUT2D eigenvalue weighted by Crippen LogP contribution is -2.16. The quantitative estimate of drug-likeness (QED) is 0.179. The second-order valence-electron chi connectivity index (χ2n) is 13.2. The number of para-hydroxylation sites is 1. The molecule has 1 aromatic heterocycles. The van der Waals surface area contributed by atoms with Crippen LogP contribution in [0.25, 0.3) is 54.2 Å². The van der Waals surface area contributed by atoms with Gasteiger partial charge in [0.25, 0.3) is 0 Å². The Balaban J connectivity index is 1.17. The number of anilines is 3. The average Bonchev–Trinajstić information content (AvgIpc) is 3.69. The summed E-state index contributed by atoms with van der Waals surface area (Å²) in [7, 11) is 0. The average molecular weight is 647 g/mol. The highest BCUT2D eigenvalue weighted by Gasteiger charge is 2.35. The largest absolute Gasteiger partial charge is 0.310 e. The number of thiazole rings is 1. The SMILES string of the molecule is CC1(C)c2ccccc2-c2ccc(N(c3ccc4sc(-c5ccc(-c6ccccc6)cc5)nc4c3)c3ccccc3-c3ccccc3)cc21. The molecule has 0 atom stereocenters. The molecule has 0 unspecified atom stereocenters. The molecule has 0 N–H and O–H groups in total. The fourth-order valence-corrected chi connectivity index (χ4v) is 8.35. The third-order valence-electron chi connectivity index (χ3n) is 9.92. The number of rotatable bonds is 6. The van der Waals surface area contributed by atoms with Crippen LogP contribution in [0.2, 0.25) is 0 Å². The molecule has 9 rings (SSSR count). The van der Waals surface area contributed by atoms with Crippen LogP contribution in [-0.2, 0) is 5.41 Å². The predicted octanol–water partition coefficient (Wildman–Crippen LogP) is 13.1. The van der Waals surface area contributed by atoms with Crippen molar-refractivity contribution in [2.45, 2.75) is 19.3 Å². The molecule has 0 saturated heterocycles. The number of hydrogen-bond donors (Lipinski definition) is 0. The number of fused-ring (bicyclic) bond motifs is 4. The van der Waals surface area contributed by atoms with E-state index >= 15 is 0 Å². The first kappa shape index (κ1) is 29.4. The molecule has 2 nitrogen and oxygen atoms in total. The van der Waals surface area contributed by atoms with E-state index in [1.54, 1.807) is 11.3 Å². The van der Waals surface area contributed by atoms with Crippen LogP contribution in [0.1, 0.15) is 25.0 Å². The zero-order valence-corrected chi connectivity index (χ0v) is 28.3. The minimum atomic E-state index is -0.101. The lowest BCUT2D eigenvalue weighted by Gasteiger charge is -2.29. The second-order valence-corrected chi connectivity index (χ2v) is 14.3. The Bertz CT molecular complexity index is 2460. The number of benzene rings is 7. The van der Waals surface area contributed by atoms with Gasteiger partial charge in [-0.15, -0.1) is 11.3 Å². The normalized spacial score (nSPS) is 12.9. The van der Waals surface area contributed by atoms with Gasteiger partial charge >= 0.3 is 0 Å². The predicted molar refractivity (Wildman–Crippen MR) is 208 cm³/mol.